The van der Waals surface area contributed by atoms with Gasteiger partial charge >= 0.3 is 0 Å². The Balaban J connectivity index is 2.48. The normalized spacial score (nSPS) is 12.0. The molecular formula is C13H21FN2O3S. The average Bonchev–Trinajstić information content (AvgIpc) is 2.36. The fourth-order valence-electron chi connectivity index (χ4n) is 1.58. The molecule has 0 spiro atoms. The molecule has 1 aromatic carbocycles. The zero-order valence-corrected chi connectivity index (χ0v) is 12.5. The molecule has 5 nitrogen and oxygen atoms in total. The third-order valence-corrected chi connectivity index (χ3v) is 4.14. The summed E-state index contributed by atoms with van der Waals surface area (Å²) in [4.78, 5) is -0.226. The lowest BCUT2D eigenvalue weighted by Gasteiger charge is -2.10. The first kappa shape index (κ1) is 16.9. The molecule has 0 saturated carbocycles. The number of hydrogen-bond acceptors (Lipinski definition) is 4. The highest BCUT2D eigenvalue weighted by Gasteiger charge is 2.18. The number of ether oxygens (including phenoxy) is 1. The molecule has 0 fully saturated rings. The van der Waals surface area contributed by atoms with Crippen LogP contribution in [0.3, 0.4) is 0 Å². The van der Waals surface area contributed by atoms with Crippen LogP contribution in [-0.4, -0.2) is 27.7 Å². The number of hydrogen-bond donors (Lipinski definition) is 2. The van der Waals surface area contributed by atoms with Gasteiger partial charge < -0.3 is 10.5 Å². The van der Waals surface area contributed by atoms with E-state index < -0.39 is 15.8 Å². The van der Waals surface area contributed by atoms with Crippen LogP contribution in [0.2, 0.25) is 0 Å². The van der Waals surface area contributed by atoms with Crippen molar-refractivity contribution in [3.8, 4) is 0 Å². The molecule has 0 bridgehead atoms. The largest absolute Gasteiger partial charge is 0.395 e. The SMILES string of the molecule is CC(C)OCCCCNS(=O)(=O)c1cccc(F)c1N. The van der Waals surface area contributed by atoms with Gasteiger partial charge in [0.1, 0.15) is 10.7 Å². The second-order valence-electron chi connectivity index (χ2n) is 4.68. The molecule has 7 heteroatoms. The van der Waals surface area contributed by atoms with Crippen LogP contribution in [0.15, 0.2) is 23.1 Å². The number of sulfonamides is 1. The maximum atomic E-state index is 13.2. The lowest BCUT2D eigenvalue weighted by molar-refractivity contribution is 0.0762. The van der Waals surface area contributed by atoms with E-state index in [0.29, 0.717) is 13.0 Å². The Morgan fingerprint density at radius 3 is 2.70 bits per heavy atom. The van der Waals surface area contributed by atoms with Crippen LogP contribution in [0.4, 0.5) is 10.1 Å². The van der Waals surface area contributed by atoms with Crippen molar-refractivity contribution in [2.75, 3.05) is 18.9 Å². The van der Waals surface area contributed by atoms with E-state index >= 15 is 0 Å². The molecule has 0 saturated heterocycles. The number of halogens is 1. The first-order valence-electron chi connectivity index (χ1n) is 6.50. The maximum absolute atomic E-state index is 13.2. The molecule has 0 radical (unpaired) electrons. The minimum atomic E-state index is -3.77. The number of anilines is 1. The first-order chi connectivity index (χ1) is 9.34. The van der Waals surface area contributed by atoms with Crippen molar-refractivity contribution >= 4 is 15.7 Å². The molecule has 0 heterocycles. The maximum Gasteiger partial charge on any atom is 0.242 e. The summed E-state index contributed by atoms with van der Waals surface area (Å²) >= 11 is 0. The molecule has 114 valence electrons. The fraction of sp³-hybridized carbons (Fsp3) is 0.538. The van der Waals surface area contributed by atoms with E-state index in [1.807, 2.05) is 13.8 Å². The van der Waals surface area contributed by atoms with E-state index in [9.17, 15) is 12.8 Å². The van der Waals surface area contributed by atoms with Gasteiger partial charge in [-0.05, 0) is 38.8 Å². The monoisotopic (exact) mass is 304 g/mol. The second kappa shape index (κ2) is 7.56. The third kappa shape index (κ3) is 5.07. The van der Waals surface area contributed by atoms with Crippen LogP contribution in [0.1, 0.15) is 26.7 Å². The number of benzene rings is 1. The highest BCUT2D eigenvalue weighted by Crippen LogP contribution is 2.20. The molecule has 1 aromatic rings. The first-order valence-corrected chi connectivity index (χ1v) is 7.98. The van der Waals surface area contributed by atoms with E-state index in [2.05, 4.69) is 4.72 Å². The molecule has 0 aromatic heterocycles. The average molecular weight is 304 g/mol. The lowest BCUT2D eigenvalue weighted by atomic mass is 10.3. The van der Waals surface area contributed by atoms with Gasteiger partial charge in [0.05, 0.1) is 11.8 Å². The van der Waals surface area contributed by atoms with Gasteiger partial charge in [0, 0.05) is 13.2 Å². The summed E-state index contributed by atoms with van der Waals surface area (Å²) in [5.41, 5.74) is 5.08. The molecule has 3 N–H and O–H groups in total. The summed E-state index contributed by atoms with van der Waals surface area (Å²) in [6.45, 7) is 4.73. The minimum Gasteiger partial charge on any atom is -0.395 e. The van der Waals surface area contributed by atoms with E-state index in [-0.39, 0.29) is 23.2 Å². The standard InChI is InChI=1S/C13H21FN2O3S/c1-10(2)19-9-4-3-8-16-20(17,18)12-7-5-6-11(14)13(12)15/h5-7,10,16H,3-4,8-9,15H2,1-2H3. The van der Waals surface area contributed by atoms with Crippen molar-refractivity contribution in [1.29, 1.82) is 0 Å². The number of para-hydroxylation sites is 1. The lowest BCUT2D eigenvalue weighted by Crippen LogP contribution is -2.26. The molecule has 0 aliphatic carbocycles. The topological polar surface area (TPSA) is 81.4 Å². The number of nitrogens with two attached hydrogens (primary N) is 1. The van der Waals surface area contributed by atoms with Crippen LogP contribution in [0, 0.1) is 5.82 Å². The van der Waals surface area contributed by atoms with Crippen LogP contribution in [-0.2, 0) is 14.8 Å². The molecular weight excluding hydrogens is 283 g/mol. The summed E-state index contributed by atoms with van der Waals surface area (Å²) in [6, 6.07) is 3.72. The van der Waals surface area contributed by atoms with E-state index in [4.69, 9.17) is 10.5 Å². The van der Waals surface area contributed by atoms with Crippen molar-refractivity contribution in [2.24, 2.45) is 0 Å². The van der Waals surface area contributed by atoms with Crippen molar-refractivity contribution in [1.82, 2.24) is 4.72 Å². The van der Waals surface area contributed by atoms with Gasteiger partial charge in [0.15, 0.2) is 0 Å². The van der Waals surface area contributed by atoms with Gasteiger partial charge in [0.2, 0.25) is 10.0 Å². The quantitative estimate of drug-likeness (QED) is 0.567. The van der Waals surface area contributed by atoms with E-state index in [0.717, 1.165) is 12.5 Å². The molecule has 0 amide bonds. The Morgan fingerprint density at radius 2 is 2.05 bits per heavy atom. The zero-order valence-electron chi connectivity index (χ0n) is 11.7. The van der Waals surface area contributed by atoms with Crippen molar-refractivity contribution in [3.63, 3.8) is 0 Å². The third-order valence-electron chi connectivity index (χ3n) is 2.62. The predicted molar refractivity (Wildman–Crippen MR) is 76.3 cm³/mol. The summed E-state index contributed by atoms with van der Waals surface area (Å²) in [5.74, 6) is -0.738. The second-order valence-corrected chi connectivity index (χ2v) is 6.41. The van der Waals surface area contributed by atoms with Gasteiger partial charge in [-0.25, -0.2) is 17.5 Å². The van der Waals surface area contributed by atoms with Gasteiger partial charge in [-0.3, -0.25) is 0 Å². The highest BCUT2D eigenvalue weighted by atomic mass is 32.2. The summed E-state index contributed by atoms with van der Waals surface area (Å²) in [5, 5.41) is 0. The number of unbranched alkanes of at least 4 members (excludes halogenated alkanes) is 1. The summed E-state index contributed by atoms with van der Waals surface area (Å²) in [7, 11) is -3.77. The Hall–Kier alpha value is -1.18. The highest BCUT2D eigenvalue weighted by molar-refractivity contribution is 7.89. The van der Waals surface area contributed by atoms with Crippen LogP contribution in [0.5, 0.6) is 0 Å². The van der Waals surface area contributed by atoms with Crippen molar-refractivity contribution in [3.05, 3.63) is 24.0 Å². The van der Waals surface area contributed by atoms with E-state index in [1.165, 1.54) is 12.1 Å². The molecule has 1 rings (SSSR count). The smallest absolute Gasteiger partial charge is 0.242 e. The number of nitrogens with one attached hydrogen (secondary N) is 1. The number of rotatable bonds is 8. The Morgan fingerprint density at radius 1 is 1.35 bits per heavy atom. The molecule has 0 aliphatic heterocycles. The molecule has 20 heavy (non-hydrogen) atoms. The van der Waals surface area contributed by atoms with Crippen molar-refractivity contribution in [2.45, 2.75) is 37.7 Å². The Kier molecular flexibility index (Phi) is 6.38. The molecule has 0 atom stereocenters. The summed E-state index contributed by atoms with van der Waals surface area (Å²) in [6.07, 6.45) is 1.55. The van der Waals surface area contributed by atoms with Gasteiger partial charge in [-0.1, -0.05) is 6.07 Å². The fourth-order valence-corrected chi connectivity index (χ4v) is 2.80. The number of nitrogen functional groups attached to an aromatic ring is 1. The minimum absolute atomic E-state index is 0.166. The molecule has 0 aliphatic rings. The van der Waals surface area contributed by atoms with Crippen LogP contribution < -0.4 is 10.5 Å². The zero-order chi connectivity index (χ0) is 15.2. The Bertz CT molecular complexity index is 532. The Labute approximate surface area is 119 Å². The van der Waals surface area contributed by atoms with Gasteiger partial charge in [-0.2, -0.15) is 0 Å². The van der Waals surface area contributed by atoms with Gasteiger partial charge in [0.25, 0.3) is 0 Å². The van der Waals surface area contributed by atoms with Gasteiger partial charge in [-0.15, -0.1) is 0 Å². The summed E-state index contributed by atoms with van der Waals surface area (Å²) < 4.78 is 44.9. The predicted octanol–water partition coefficient (Wildman–Crippen LogP) is 1.89. The van der Waals surface area contributed by atoms with Crippen LogP contribution in [0.25, 0.3) is 0 Å². The molecule has 0 unspecified atom stereocenters. The van der Waals surface area contributed by atoms with Crippen LogP contribution >= 0.6 is 0 Å². The van der Waals surface area contributed by atoms with E-state index in [1.54, 1.807) is 0 Å². The van der Waals surface area contributed by atoms with Crippen molar-refractivity contribution < 1.29 is 17.5 Å².